The molecule has 7 aromatic carbocycles. The number of anilines is 3. The monoisotopic (exact) mass is 602 g/mol. The van der Waals surface area contributed by atoms with Gasteiger partial charge in [0.05, 0.1) is 22.4 Å². The third-order valence-electron chi connectivity index (χ3n) is 9.97. The van der Waals surface area contributed by atoms with Crippen LogP contribution in [0.5, 0.6) is 0 Å². The van der Waals surface area contributed by atoms with Crippen LogP contribution in [0, 0.1) is 0 Å². The highest BCUT2D eigenvalue weighted by molar-refractivity contribution is 6.14. The molecular weight excluding hydrogens is 569 g/mol. The molecule has 1 aliphatic heterocycles. The number of aromatic nitrogens is 1. The fourth-order valence-corrected chi connectivity index (χ4v) is 7.75. The number of hydrogen-bond acceptors (Lipinski definition) is 1. The molecule has 0 spiro atoms. The summed E-state index contributed by atoms with van der Waals surface area (Å²) in [5, 5.41) is 2.59. The normalized spacial score (nSPS) is 13.4. The van der Waals surface area contributed by atoms with Gasteiger partial charge in [-0.3, -0.25) is 0 Å². The van der Waals surface area contributed by atoms with Crippen molar-refractivity contribution in [1.29, 1.82) is 0 Å². The van der Waals surface area contributed by atoms with E-state index in [9.17, 15) is 0 Å². The molecule has 0 aliphatic carbocycles. The van der Waals surface area contributed by atoms with E-state index in [-0.39, 0.29) is 5.41 Å². The Bertz CT molecular complexity index is 2400. The maximum absolute atomic E-state index is 2.46. The number of nitrogens with zero attached hydrogens (tertiary/aromatic N) is 2. The fraction of sp³-hybridized carbons (Fsp3) is 0.0667. The van der Waals surface area contributed by atoms with E-state index < -0.39 is 0 Å². The fourth-order valence-electron chi connectivity index (χ4n) is 7.75. The summed E-state index contributed by atoms with van der Waals surface area (Å²) in [5.41, 5.74) is 14.6. The predicted molar refractivity (Wildman–Crippen MR) is 198 cm³/mol. The highest BCUT2D eigenvalue weighted by atomic mass is 15.2. The van der Waals surface area contributed by atoms with Crippen molar-refractivity contribution in [3.63, 3.8) is 0 Å². The third kappa shape index (κ3) is 4.26. The Morgan fingerprint density at radius 1 is 0.404 bits per heavy atom. The number of hydrogen-bond donors (Lipinski definition) is 0. The molecule has 0 bridgehead atoms. The highest BCUT2D eigenvalue weighted by Gasteiger charge is 2.39. The molecule has 9 rings (SSSR count). The van der Waals surface area contributed by atoms with Gasteiger partial charge in [-0.2, -0.15) is 0 Å². The zero-order valence-electron chi connectivity index (χ0n) is 26.6. The summed E-state index contributed by atoms with van der Waals surface area (Å²) in [6.07, 6.45) is 0. The van der Waals surface area contributed by atoms with E-state index in [4.69, 9.17) is 0 Å². The van der Waals surface area contributed by atoms with E-state index in [0.717, 1.165) is 5.69 Å². The average Bonchev–Trinajstić information content (AvgIpc) is 3.47. The Balaban J connectivity index is 1.27. The van der Waals surface area contributed by atoms with Crippen molar-refractivity contribution in [2.75, 3.05) is 4.90 Å². The van der Waals surface area contributed by atoms with Crippen molar-refractivity contribution in [2.45, 2.75) is 19.3 Å². The second kappa shape index (κ2) is 10.6. The quantitative estimate of drug-likeness (QED) is 0.195. The number of benzene rings is 7. The van der Waals surface area contributed by atoms with Gasteiger partial charge in [0, 0.05) is 27.6 Å². The van der Waals surface area contributed by atoms with Crippen LogP contribution in [0.4, 0.5) is 17.1 Å². The summed E-state index contributed by atoms with van der Waals surface area (Å²) in [7, 11) is 0. The zero-order valence-corrected chi connectivity index (χ0v) is 26.6. The smallest absolute Gasteiger partial charge is 0.0545 e. The van der Waals surface area contributed by atoms with Crippen LogP contribution < -0.4 is 4.90 Å². The van der Waals surface area contributed by atoms with Crippen molar-refractivity contribution in [3.05, 3.63) is 181 Å². The van der Waals surface area contributed by atoms with Gasteiger partial charge >= 0.3 is 0 Å². The Hall–Kier alpha value is -5.86. The molecule has 0 unspecified atom stereocenters. The van der Waals surface area contributed by atoms with E-state index in [0.29, 0.717) is 0 Å². The Kier molecular flexibility index (Phi) is 6.20. The van der Waals surface area contributed by atoms with Crippen LogP contribution in [-0.4, -0.2) is 4.57 Å². The van der Waals surface area contributed by atoms with Crippen molar-refractivity contribution in [3.8, 4) is 27.9 Å². The highest BCUT2D eigenvalue weighted by Crippen LogP contribution is 2.55. The van der Waals surface area contributed by atoms with Crippen LogP contribution in [0.25, 0.3) is 49.7 Å². The first kappa shape index (κ1) is 27.5. The second-order valence-electron chi connectivity index (χ2n) is 13.0. The number of rotatable bonds is 4. The SMILES string of the molecule is CC1(C)c2ccccc2N(c2ccc(-c3ccccc3)cc2)c2ccc3c(c21)c1ccccc1n3-c1ccc(-c2ccccc2)cc1. The van der Waals surface area contributed by atoms with E-state index in [1.165, 1.54) is 72.2 Å². The van der Waals surface area contributed by atoms with Crippen molar-refractivity contribution >= 4 is 38.9 Å². The molecule has 0 saturated heterocycles. The summed E-state index contributed by atoms with van der Waals surface area (Å²) in [6, 6.07) is 61.7. The lowest BCUT2D eigenvalue weighted by Gasteiger charge is -2.42. The van der Waals surface area contributed by atoms with Crippen LogP contribution in [-0.2, 0) is 5.41 Å². The van der Waals surface area contributed by atoms with Crippen molar-refractivity contribution in [2.24, 2.45) is 0 Å². The summed E-state index contributed by atoms with van der Waals surface area (Å²) in [6.45, 7) is 4.78. The lowest BCUT2D eigenvalue weighted by atomic mass is 9.72. The molecule has 224 valence electrons. The van der Waals surface area contributed by atoms with E-state index >= 15 is 0 Å². The van der Waals surface area contributed by atoms with Gasteiger partial charge < -0.3 is 9.47 Å². The lowest BCUT2D eigenvalue weighted by Crippen LogP contribution is -2.30. The van der Waals surface area contributed by atoms with Crippen molar-refractivity contribution < 1.29 is 0 Å². The first-order valence-electron chi connectivity index (χ1n) is 16.4. The standard InChI is InChI=1S/C45H34N2/c1-45(2)38-18-10-12-20-40(38)47(36-27-23-34(24-28-36)32-15-7-4-8-16-32)42-30-29-41-43(44(42)45)37-17-9-11-19-39(37)46(41)35-25-21-33(22-26-35)31-13-5-3-6-14-31/h3-30H,1-2H3. The maximum atomic E-state index is 2.46. The molecule has 1 aliphatic rings. The Labute approximate surface area is 275 Å². The molecular formula is C45H34N2. The van der Waals surface area contributed by atoms with E-state index in [1.54, 1.807) is 0 Å². The van der Waals surface area contributed by atoms with Crippen LogP contribution >= 0.6 is 0 Å². The first-order valence-corrected chi connectivity index (χ1v) is 16.4. The summed E-state index contributed by atoms with van der Waals surface area (Å²) in [4.78, 5) is 2.46. The molecule has 2 heteroatoms. The third-order valence-corrected chi connectivity index (χ3v) is 9.97. The van der Waals surface area contributed by atoms with E-state index in [2.05, 4.69) is 193 Å². The lowest BCUT2D eigenvalue weighted by molar-refractivity contribution is 0.638. The van der Waals surface area contributed by atoms with E-state index in [1.807, 2.05) is 0 Å². The molecule has 1 aromatic heterocycles. The molecule has 0 fully saturated rings. The predicted octanol–water partition coefficient (Wildman–Crippen LogP) is 12.2. The van der Waals surface area contributed by atoms with Crippen molar-refractivity contribution in [1.82, 2.24) is 4.57 Å². The van der Waals surface area contributed by atoms with Crippen LogP contribution in [0.3, 0.4) is 0 Å². The minimum Gasteiger partial charge on any atom is -0.310 e. The van der Waals surface area contributed by atoms with Gasteiger partial charge in [-0.15, -0.1) is 0 Å². The van der Waals surface area contributed by atoms with Gasteiger partial charge in [0.2, 0.25) is 0 Å². The molecule has 8 aromatic rings. The van der Waals surface area contributed by atoms with Gasteiger partial charge in [-0.25, -0.2) is 0 Å². The first-order chi connectivity index (χ1) is 23.1. The van der Waals surface area contributed by atoms with Gasteiger partial charge in [-0.1, -0.05) is 135 Å². The maximum Gasteiger partial charge on any atom is 0.0545 e. The van der Waals surface area contributed by atoms with Gasteiger partial charge in [0.25, 0.3) is 0 Å². The minimum absolute atomic E-state index is 0.224. The number of para-hydroxylation sites is 2. The molecule has 0 radical (unpaired) electrons. The Morgan fingerprint density at radius 2 is 0.936 bits per heavy atom. The van der Waals surface area contributed by atoms with Gasteiger partial charge in [0.1, 0.15) is 0 Å². The molecule has 0 atom stereocenters. The molecule has 2 heterocycles. The summed E-state index contributed by atoms with van der Waals surface area (Å²) < 4.78 is 2.44. The molecule has 0 N–H and O–H groups in total. The zero-order chi connectivity index (χ0) is 31.5. The van der Waals surface area contributed by atoms with Gasteiger partial charge in [-0.05, 0) is 81.9 Å². The molecule has 2 nitrogen and oxygen atoms in total. The largest absolute Gasteiger partial charge is 0.310 e. The van der Waals surface area contributed by atoms with Crippen LogP contribution in [0.2, 0.25) is 0 Å². The Morgan fingerprint density at radius 3 is 1.60 bits per heavy atom. The topological polar surface area (TPSA) is 8.17 Å². The minimum atomic E-state index is -0.224. The second-order valence-corrected chi connectivity index (χ2v) is 13.0. The molecule has 0 amide bonds. The molecule has 0 saturated carbocycles. The molecule has 47 heavy (non-hydrogen) atoms. The summed E-state index contributed by atoms with van der Waals surface area (Å²) in [5.74, 6) is 0. The number of fused-ring (bicyclic) bond motifs is 6. The summed E-state index contributed by atoms with van der Waals surface area (Å²) >= 11 is 0. The van der Waals surface area contributed by atoms with Crippen LogP contribution in [0.15, 0.2) is 170 Å². The van der Waals surface area contributed by atoms with Crippen LogP contribution in [0.1, 0.15) is 25.0 Å². The average molecular weight is 603 g/mol. The van der Waals surface area contributed by atoms with Gasteiger partial charge in [0.15, 0.2) is 0 Å².